The zero-order chi connectivity index (χ0) is 14.0. The monoisotopic (exact) mass is 262 g/mol. The van der Waals surface area contributed by atoms with Crippen molar-refractivity contribution in [2.45, 2.75) is 19.9 Å². The van der Waals surface area contributed by atoms with Crippen molar-refractivity contribution in [1.82, 2.24) is 9.97 Å². The minimum Gasteiger partial charge on any atom is -0.368 e. The Hall–Kier alpha value is -2.24. The van der Waals surface area contributed by atoms with Crippen LogP contribution in [0.2, 0.25) is 0 Å². The number of aromatic nitrogens is 2. The van der Waals surface area contributed by atoms with E-state index in [2.05, 4.69) is 15.3 Å². The molecule has 0 saturated carbocycles. The van der Waals surface area contributed by atoms with E-state index < -0.39 is 11.9 Å². The third kappa shape index (κ3) is 2.78. The van der Waals surface area contributed by atoms with Gasteiger partial charge in [0.1, 0.15) is 24.0 Å². The second kappa shape index (κ2) is 5.17. The Morgan fingerprint density at radius 2 is 2.11 bits per heavy atom. The number of hydrogen-bond donors (Lipinski definition) is 2. The standard InChI is InChI=1S/C13H15FN4O/c1-7(2)11(12(15)19)18-13-9-5-8(14)3-4-10(9)16-6-17-13/h3-7,11H,1-2H3,(H2,15,19)(H,16,17,18). The van der Waals surface area contributed by atoms with Crippen molar-refractivity contribution in [3.63, 3.8) is 0 Å². The van der Waals surface area contributed by atoms with Gasteiger partial charge in [-0.15, -0.1) is 0 Å². The van der Waals surface area contributed by atoms with Crippen LogP contribution in [0.25, 0.3) is 10.9 Å². The Bertz CT molecular complexity index is 615. The molecule has 1 unspecified atom stereocenters. The van der Waals surface area contributed by atoms with Crippen molar-refractivity contribution in [3.05, 3.63) is 30.3 Å². The number of benzene rings is 1. The summed E-state index contributed by atoms with van der Waals surface area (Å²) in [5.41, 5.74) is 5.94. The molecule has 0 aliphatic heterocycles. The number of nitrogens with zero attached hydrogens (tertiary/aromatic N) is 2. The van der Waals surface area contributed by atoms with Crippen molar-refractivity contribution < 1.29 is 9.18 Å². The van der Waals surface area contributed by atoms with Crippen LogP contribution in [0.1, 0.15) is 13.8 Å². The van der Waals surface area contributed by atoms with Crippen molar-refractivity contribution in [2.24, 2.45) is 11.7 Å². The summed E-state index contributed by atoms with van der Waals surface area (Å²) in [5.74, 6) is -0.457. The van der Waals surface area contributed by atoms with Gasteiger partial charge >= 0.3 is 0 Å². The molecule has 0 saturated heterocycles. The molecule has 5 nitrogen and oxygen atoms in total. The van der Waals surface area contributed by atoms with Crippen LogP contribution in [0.4, 0.5) is 10.2 Å². The largest absolute Gasteiger partial charge is 0.368 e. The maximum Gasteiger partial charge on any atom is 0.240 e. The molecule has 6 heteroatoms. The average Bonchev–Trinajstić information content (AvgIpc) is 2.35. The molecule has 1 aromatic carbocycles. The summed E-state index contributed by atoms with van der Waals surface area (Å²) in [6.45, 7) is 3.73. The first kappa shape index (κ1) is 13.2. The Morgan fingerprint density at radius 3 is 2.74 bits per heavy atom. The predicted octanol–water partition coefficient (Wildman–Crippen LogP) is 1.69. The second-order valence-corrected chi connectivity index (χ2v) is 4.65. The van der Waals surface area contributed by atoms with Gasteiger partial charge in [0.25, 0.3) is 0 Å². The van der Waals surface area contributed by atoms with Crippen LogP contribution in [-0.2, 0) is 4.79 Å². The van der Waals surface area contributed by atoms with E-state index in [0.29, 0.717) is 16.7 Å². The van der Waals surface area contributed by atoms with Crippen LogP contribution in [-0.4, -0.2) is 21.9 Å². The van der Waals surface area contributed by atoms with Crippen LogP contribution >= 0.6 is 0 Å². The summed E-state index contributed by atoms with van der Waals surface area (Å²) >= 11 is 0. The van der Waals surface area contributed by atoms with E-state index in [1.165, 1.54) is 18.5 Å². The Morgan fingerprint density at radius 1 is 1.37 bits per heavy atom. The summed E-state index contributed by atoms with van der Waals surface area (Å²) in [5, 5.41) is 3.48. The van der Waals surface area contributed by atoms with E-state index in [1.54, 1.807) is 6.07 Å². The van der Waals surface area contributed by atoms with E-state index in [9.17, 15) is 9.18 Å². The smallest absolute Gasteiger partial charge is 0.240 e. The van der Waals surface area contributed by atoms with Gasteiger partial charge in [0, 0.05) is 5.39 Å². The van der Waals surface area contributed by atoms with Gasteiger partial charge in [-0.3, -0.25) is 4.79 Å². The lowest BCUT2D eigenvalue weighted by Gasteiger charge is -2.20. The summed E-state index contributed by atoms with van der Waals surface area (Å²) in [4.78, 5) is 19.5. The van der Waals surface area contributed by atoms with Crippen LogP contribution < -0.4 is 11.1 Å². The summed E-state index contributed by atoms with van der Waals surface area (Å²) in [6.07, 6.45) is 1.36. The molecule has 2 aromatic rings. The van der Waals surface area contributed by atoms with E-state index in [4.69, 9.17) is 5.73 Å². The Labute approximate surface area is 110 Å². The molecule has 0 aliphatic carbocycles. The van der Waals surface area contributed by atoms with Gasteiger partial charge in [-0.25, -0.2) is 14.4 Å². The summed E-state index contributed by atoms with van der Waals surface area (Å²) < 4.78 is 13.3. The molecule has 0 radical (unpaired) electrons. The fraction of sp³-hybridized carbons (Fsp3) is 0.308. The Kier molecular flexibility index (Phi) is 3.59. The molecule has 19 heavy (non-hydrogen) atoms. The van der Waals surface area contributed by atoms with Gasteiger partial charge in [0.2, 0.25) is 5.91 Å². The lowest BCUT2D eigenvalue weighted by Crippen LogP contribution is -2.39. The van der Waals surface area contributed by atoms with Crippen molar-refractivity contribution >= 4 is 22.6 Å². The lowest BCUT2D eigenvalue weighted by molar-refractivity contribution is -0.119. The normalized spacial score (nSPS) is 12.6. The van der Waals surface area contributed by atoms with Gasteiger partial charge in [-0.05, 0) is 24.1 Å². The number of carbonyl (C=O) groups excluding carboxylic acids is 1. The molecule has 3 N–H and O–H groups in total. The third-order valence-electron chi connectivity index (χ3n) is 2.86. The maximum absolute atomic E-state index is 13.3. The minimum atomic E-state index is -0.568. The number of hydrogen-bond acceptors (Lipinski definition) is 4. The lowest BCUT2D eigenvalue weighted by atomic mass is 10.0. The number of primary amides is 1. The number of nitrogens with two attached hydrogens (primary N) is 1. The first-order valence-electron chi connectivity index (χ1n) is 5.95. The van der Waals surface area contributed by atoms with Crippen LogP contribution in [0.15, 0.2) is 24.5 Å². The average molecular weight is 262 g/mol. The third-order valence-corrected chi connectivity index (χ3v) is 2.86. The summed E-state index contributed by atoms with van der Waals surface area (Å²) in [7, 11) is 0. The highest BCUT2D eigenvalue weighted by Crippen LogP contribution is 2.21. The fourth-order valence-electron chi connectivity index (χ4n) is 1.86. The predicted molar refractivity (Wildman–Crippen MR) is 70.9 cm³/mol. The number of halogens is 1. The number of amides is 1. The van der Waals surface area contributed by atoms with Gasteiger partial charge in [-0.2, -0.15) is 0 Å². The first-order chi connectivity index (χ1) is 8.99. The number of fused-ring (bicyclic) bond motifs is 1. The van der Waals surface area contributed by atoms with E-state index in [-0.39, 0.29) is 11.7 Å². The molecule has 1 amide bonds. The highest BCUT2D eigenvalue weighted by molar-refractivity contribution is 5.91. The number of rotatable bonds is 4. The zero-order valence-corrected chi connectivity index (χ0v) is 10.7. The van der Waals surface area contributed by atoms with Gasteiger partial charge in [0.15, 0.2) is 0 Å². The molecule has 0 fully saturated rings. The van der Waals surface area contributed by atoms with Crippen molar-refractivity contribution in [1.29, 1.82) is 0 Å². The van der Waals surface area contributed by atoms with Crippen LogP contribution in [0.3, 0.4) is 0 Å². The molecule has 0 spiro atoms. The molecule has 100 valence electrons. The number of anilines is 1. The van der Waals surface area contributed by atoms with Crippen molar-refractivity contribution in [3.8, 4) is 0 Å². The molecule has 0 bridgehead atoms. The first-order valence-corrected chi connectivity index (χ1v) is 5.95. The van der Waals surface area contributed by atoms with Crippen molar-refractivity contribution in [2.75, 3.05) is 5.32 Å². The van der Waals surface area contributed by atoms with Gasteiger partial charge in [-0.1, -0.05) is 13.8 Å². The highest BCUT2D eigenvalue weighted by atomic mass is 19.1. The Balaban J connectivity index is 2.44. The zero-order valence-electron chi connectivity index (χ0n) is 10.7. The highest BCUT2D eigenvalue weighted by Gasteiger charge is 2.20. The topological polar surface area (TPSA) is 80.9 Å². The molecule has 2 rings (SSSR count). The quantitative estimate of drug-likeness (QED) is 0.878. The van der Waals surface area contributed by atoms with Gasteiger partial charge < -0.3 is 11.1 Å². The maximum atomic E-state index is 13.3. The van der Waals surface area contributed by atoms with Gasteiger partial charge in [0.05, 0.1) is 5.52 Å². The molecule has 1 aromatic heterocycles. The van der Waals surface area contributed by atoms with E-state index in [0.717, 1.165) is 0 Å². The van der Waals surface area contributed by atoms with E-state index >= 15 is 0 Å². The molecular weight excluding hydrogens is 247 g/mol. The summed E-state index contributed by atoms with van der Waals surface area (Å²) in [6, 6.07) is 3.65. The SMILES string of the molecule is CC(C)C(Nc1ncnc2ccc(F)cc12)C(N)=O. The number of nitrogens with one attached hydrogen (secondary N) is 1. The van der Waals surface area contributed by atoms with Crippen LogP contribution in [0, 0.1) is 11.7 Å². The minimum absolute atomic E-state index is 0.00363. The van der Waals surface area contributed by atoms with E-state index in [1.807, 2.05) is 13.8 Å². The molecule has 1 atom stereocenters. The molecule has 0 aliphatic rings. The number of carbonyl (C=O) groups is 1. The second-order valence-electron chi connectivity index (χ2n) is 4.65. The fourth-order valence-corrected chi connectivity index (χ4v) is 1.86. The molecule has 1 heterocycles. The van der Waals surface area contributed by atoms with Crippen LogP contribution in [0.5, 0.6) is 0 Å². The molecular formula is C13H15FN4O.